The Labute approximate surface area is 111 Å². The van der Waals surface area contributed by atoms with E-state index in [9.17, 15) is 0 Å². The van der Waals surface area contributed by atoms with Gasteiger partial charge in [-0.3, -0.25) is 0 Å². The second-order valence-corrected chi connectivity index (χ2v) is 4.02. The van der Waals surface area contributed by atoms with E-state index < -0.39 is 7.12 Å². The molecule has 0 unspecified atom stereocenters. The van der Waals surface area contributed by atoms with Crippen LogP contribution < -0.4 is 10.2 Å². The molecule has 0 fully saturated rings. The van der Waals surface area contributed by atoms with Crippen molar-refractivity contribution in [3.8, 4) is 11.8 Å². The van der Waals surface area contributed by atoms with Crippen molar-refractivity contribution >= 4 is 12.6 Å². The summed E-state index contributed by atoms with van der Waals surface area (Å²) in [4.78, 5) is 0. The van der Waals surface area contributed by atoms with E-state index in [2.05, 4.69) is 0 Å². The van der Waals surface area contributed by atoms with Gasteiger partial charge in [0.2, 0.25) is 0 Å². The molecule has 5 heteroatoms. The van der Waals surface area contributed by atoms with Gasteiger partial charge in [-0.25, -0.2) is 0 Å². The minimum Gasteiger partial charge on any atom is -0.488 e. The van der Waals surface area contributed by atoms with Gasteiger partial charge in [-0.1, -0.05) is 36.4 Å². The third-order valence-electron chi connectivity index (χ3n) is 2.66. The molecular weight excluding hydrogens is 241 g/mol. The third-order valence-corrected chi connectivity index (χ3v) is 2.66. The molecule has 0 heterocycles. The van der Waals surface area contributed by atoms with Crippen LogP contribution >= 0.6 is 0 Å². The van der Waals surface area contributed by atoms with E-state index in [1.807, 2.05) is 36.4 Å². The van der Waals surface area contributed by atoms with Crippen molar-refractivity contribution in [1.82, 2.24) is 0 Å². The second kappa shape index (κ2) is 6.05. The predicted octanol–water partition coefficient (Wildman–Crippen LogP) is 0.817. The first-order valence-electron chi connectivity index (χ1n) is 5.77. The standard InChI is InChI=1S/C14H12BNO3/c16-9-12-6-7-13(15(17)18)8-14(12)19-10-11-4-2-1-3-5-11/h1-8,17-18H,10H2. The molecule has 19 heavy (non-hydrogen) atoms. The lowest BCUT2D eigenvalue weighted by molar-refractivity contribution is 0.305. The summed E-state index contributed by atoms with van der Waals surface area (Å²) in [5.74, 6) is 0.344. The maximum Gasteiger partial charge on any atom is 0.488 e. The largest absolute Gasteiger partial charge is 0.488 e. The summed E-state index contributed by atoms with van der Waals surface area (Å²) in [5.41, 5.74) is 1.63. The van der Waals surface area contributed by atoms with Crippen molar-refractivity contribution < 1.29 is 14.8 Å². The van der Waals surface area contributed by atoms with Crippen LogP contribution in [0.25, 0.3) is 0 Å². The van der Waals surface area contributed by atoms with Crippen LogP contribution in [-0.4, -0.2) is 17.2 Å². The van der Waals surface area contributed by atoms with Gasteiger partial charge in [0.15, 0.2) is 0 Å². The number of rotatable bonds is 4. The molecule has 2 aromatic carbocycles. The smallest absolute Gasteiger partial charge is 0.488 e. The van der Waals surface area contributed by atoms with Gasteiger partial charge in [0.25, 0.3) is 0 Å². The summed E-state index contributed by atoms with van der Waals surface area (Å²) in [6.45, 7) is 0.320. The van der Waals surface area contributed by atoms with Crippen molar-refractivity contribution in [2.24, 2.45) is 0 Å². The Morgan fingerprint density at radius 3 is 2.47 bits per heavy atom. The Bertz CT molecular complexity index is 593. The van der Waals surface area contributed by atoms with E-state index in [-0.39, 0.29) is 0 Å². The molecule has 0 saturated heterocycles. The molecular formula is C14H12BNO3. The maximum atomic E-state index is 9.11. The minimum absolute atomic E-state index is 0.294. The third kappa shape index (κ3) is 3.35. The zero-order chi connectivity index (χ0) is 13.7. The van der Waals surface area contributed by atoms with Crippen molar-refractivity contribution in [3.63, 3.8) is 0 Å². The van der Waals surface area contributed by atoms with E-state index in [1.54, 1.807) is 0 Å². The van der Waals surface area contributed by atoms with Gasteiger partial charge in [-0.15, -0.1) is 0 Å². The van der Waals surface area contributed by atoms with Gasteiger partial charge in [0.1, 0.15) is 18.4 Å². The van der Waals surface area contributed by atoms with E-state index in [0.717, 1.165) is 5.56 Å². The quantitative estimate of drug-likeness (QED) is 0.791. The molecule has 0 aliphatic heterocycles. The molecule has 0 radical (unpaired) electrons. The van der Waals surface area contributed by atoms with Gasteiger partial charge in [-0.05, 0) is 23.2 Å². The molecule has 0 bridgehead atoms. The van der Waals surface area contributed by atoms with E-state index in [1.165, 1.54) is 18.2 Å². The number of nitriles is 1. The van der Waals surface area contributed by atoms with Crippen molar-refractivity contribution in [2.75, 3.05) is 0 Å². The number of hydrogen-bond acceptors (Lipinski definition) is 4. The zero-order valence-electron chi connectivity index (χ0n) is 10.2. The highest BCUT2D eigenvalue weighted by Gasteiger charge is 2.14. The molecule has 94 valence electrons. The Morgan fingerprint density at radius 1 is 1.11 bits per heavy atom. The van der Waals surface area contributed by atoms with Gasteiger partial charge >= 0.3 is 7.12 Å². The van der Waals surface area contributed by atoms with Crippen LogP contribution in [0, 0.1) is 11.3 Å². The van der Waals surface area contributed by atoms with Crippen LogP contribution in [0.1, 0.15) is 11.1 Å². The minimum atomic E-state index is -1.58. The number of benzene rings is 2. The van der Waals surface area contributed by atoms with Crippen LogP contribution in [0.5, 0.6) is 5.75 Å². The molecule has 2 aromatic rings. The van der Waals surface area contributed by atoms with Crippen LogP contribution in [0.15, 0.2) is 48.5 Å². The first-order valence-corrected chi connectivity index (χ1v) is 5.77. The molecule has 2 rings (SSSR count). The van der Waals surface area contributed by atoms with Crippen LogP contribution in [0.2, 0.25) is 0 Å². The predicted molar refractivity (Wildman–Crippen MR) is 71.8 cm³/mol. The van der Waals surface area contributed by atoms with E-state index >= 15 is 0 Å². The molecule has 4 nitrogen and oxygen atoms in total. The van der Waals surface area contributed by atoms with Gasteiger partial charge in [0.05, 0.1) is 5.56 Å². The van der Waals surface area contributed by atoms with Crippen molar-refractivity contribution in [3.05, 3.63) is 59.7 Å². The summed E-state index contributed by atoms with van der Waals surface area (Å²) >= 11 is 0. The zero-order valence-corrected chi connectivity index (χ0v) is 10.2. The van der Waals surface area contributed by atoms with Crippen molar-refractivity contribution in [1.29, 1.82) is 5.26 Å². The fourth-order valence-electron chi connectivity index (χ4n) is 1.65. The number of ether oxygens (including phenoxy) is 1. The average molecular weight is 253 g/mol. The highest BCUT2D eigenvalue weighted by molar-refractivity contribution is 6.58. The summed E-state index contributed by atoms with van der Waals surface area (Å²) in [7, 11) is -1.58. The van der Waals surface area contributed by atoms with Gasteiger partial charge in [-0.2, -0.15) is 5.26 Å². The highest BCUT2D eigenvalue weighted by Crippen LogP contribution is 2.17. The molecule has 0 aliphatic rings. The van der Waals surface area contributed by atoms with Gasteiger partial charge in [0, 0.05) is 0 Å². The Kier molecular flexibility index (Phi) is 4.19. The Balaban J connectivity index is 2.19. The Hall–Kier alpha value is -2.29. The topological polar surface area (TPSA) is 73.5 Å². The molecule has 0 saturated carbocycles. The van der Waals surface area contributed by atoms with Crippen LogP contribution in [-0.2, 0) is 6.61 Å². The highest BCUT2D eigenvalue weighted by atomic mass is 16.5. The SMILES string of the molecule is N#Cc1ccc(B(O)O)cc1OCc1ccccc1. The lowest BCUT2D eigenvalue weighted by Crippen LogP contribution is -2.29. The number of hydrogen-bond donors (Lipinski definition) is 2. The summed E-state index contributed by atoms with van der Waals surface area (Å²) in [6.07, 6.45) is 0. The first kappa shape index (κ1) is 13.2. The normalized spacial score (nSPS) is 9.74. The van der Waals surface area contributed by atoms with E-state index in [4.69, 9.17) is 20.0 Å². The van der Waals surface area contributed by atoms with Crippen molar-refractivity contribution in [2.45, 2.75) is 6.61 Å². The fraction of sp³-hybridized carbons (Fsp3) is 0.0714. The van der Waals surface area contributed by atoms with Crippen LogP contribution in [0.3, 0.4) is 0 Å². The number of nitrogens with zero attached hydrogens (tertiary/aromatic N) is 1. The second-order valence-electron chi connectivity index (χ2n) is 4.02. The Morgan fingerprint density at radius 2 is 1.84 bits per heavy atom. The molecule has 0 aliphatic carbocycles. The summed E-state index contributed by atoms with van der Waals surface area (Å²) < 4.78 is 5.56. The average Bonchev–Trinajstić information content (AvgIpc) is 2.45. The maximum absolute atomic E-state index is 9.11. The summed E-state index contributed by atoms with van der Waals surface area (Å²) in [5, 5.41) is 27.2. The summed E-state index contributed by atoms with van der Waals surface area (Å²) in [6, 6.07) is 16.0. The first-order chi connectivity index (χ1) is 9.20. The lowest BCUT2D eigenvalue weighted by atomic mass is 9.80. The van der Waals surface area contributed by atoms with E-state index in [0.29, 0.717) is 23.4 Å². The molecule has 0 amide bonds. The molecule has 0 aromatic heterocycles. The monoisotopic (exact) mass is 253 g/mol. The van der Waals surface area contributed by atoms with Gasteiger partial charge < -0.3 is 14.8 Å². The fourth-order valence-corrected chi connectivity index (χ4v) is 1.65. The molecule has 0 atom stereocenters. The van der Waals surface area contributed by atoms with Crippen LogP contribution in [0.4, 0.5) is 0 Å². The molecule has 2 N–H and O–H groups in total. The molecule has 0 spiro atoms. The lowest BCUT2D eigenvalue weighted by Gasteiger charge is -2.09.